The van der Waals surface area contributed by atoms with Crippen molar-refractivity contribution in [1.29, 1.82) is 0 Å². The number of hydrogen-bond donors (Lipinski definition) is 2. The summed E-state index contributed by atoms with van der Waals surface area (Å²) in [4.78, 5) is 29.3. The van der Waals surface area contributed by atoms with E-state index in [2.05, 4.69) is 36.3 Å². The molecule has 1 atom stereocenters. The molecule has 2 heterocycles. The number of nitrogens with zero attached hydrogens (tertiary/aromatic N) is 2. The van der Waals surface area contributed by atoms with E-state index in [4.69, 9.17) is 0 Å². The Morgan fingerprint density at radius 2 is 1.79 bits per heavy atom. The van der Waals surface area contributed by atoms with E-state index in [1.807, 2.05) is 29.2 Å². The van der Waals surface area contributed by atoms with E-state index >= 15 is 0 Å². The second-order valence-electron chi connectivity index (χ2n) is 8.90. The van der Waals surface area contributed by atoms with E-state index in [9.17, 15) is 9.59 Å². The number of carbonyl (C=O) groups excluding carboxylic acids is 2. The predicted octanol–water partition coefficient (Wildman–Crippen LogP) is 1.61. The Bertz CT molecular complexity index is 675. The van der Waals surface area contributed by atoms with Crippen molar-refractivity contribution >= 4 is 11.8 Å². The highest BCUT2D eigenvalue weighted by Gasteiger charge is 2.30. The molecule has 2 saturated heterocycles. The molecule has 0 bridgehead atoms. The molecule has 0 radical (unpaired) electrons. The maximum Gasteiger partial charge on any atom is 0.251 e. The van der Waals surface area contributed by atoms with Crippen LogP contribution >= 0.6 is 0 Å². The average Bonchev–Trinajstić information content (AvgIpc) is 3.18. The molecule has 6 heteroatoms. The molecule has 2 aliphatic heterocycles. The van der Waals surface area contributed by atoms with Crippen molar-refractivity contribution in [3.63, 3.8) is 0 Å². The smallest absolute Gasteiger partial charge is 0.251 e. The van der Waals surface area contributed by atoms with E-state index in [1.165, 1.54) is 5.56 Å². The normalized spacial score (nSPS) is 21.0. The van der Waals surface area contributed by atoms with E-state index in [0.717, 1.165) is 45.7 Å². The van der Waals surface area contributed by atoms with Crippen LogP contribution in [0.15, 0.2) is 24.3 Å². The molecular formula is C22H34N4O2. The Morgan fingerprint density at radius 3 is 2.43 bits per heavy atom. The third kappa shape index (κ3) is 5.32. The van der Waals surface area contributed by atoms with E-state index in [1.54, 1.807) is 0 Å². The molecule has 0 saturated carbocycles. The van der Waals surface area contributed by atoms with Crippen LogP contribution in [-0.2, 0) is 10.2 Å². The van der Waals surface area contributed by atoms with Gasteiger partial charge in [0.15, 0.2) is 0 Å². The van der Waals surface area contributed by atoms with Gasteiger partial charge in [0, 0.05) is 63.8 Å². The first-order chi connectivity index (χ1) is 13.3. The quantitative estimate of drug-likeness (QED) is 0.807. The molecule has 1 aromatic carbocycles. The third-order valence-electron chi connectivity index (χ3n) is 5.82. The largest absolute Gasteiger partial charge is 0.352 e. The van der Waals surface area contributed by atoms with Gasteiger partial charge in [0.25, 0.3) is 5.91 Å². The van der Waals surface area contributed by atoms with Crippen molar-refractivity contribution in [2.45, 2.75) is 45.1 Å². The molecule has 1 aromatic rings. The van der Waals surface area contributed by atoms with Gasteiger partial charge in [-0.25, -0.2) is 0 Å². The van der Waals surface area contributed by atoms with Crippen molar-refractivity contribution in [3.05, 3.63) is 35.4 Å². The highest BCUT2D eigenvalue weighted by atomic mass is 16.2. The van der Waals surface area contributed by atoms with E-state index < -0.39 is 0 Å². The lowest BCUT2D eigenvalue weighted by atomic mass is 9.87. The molecule has 2 N–H and O–H groups in total. The van der Waals surface area contributed by atoms with Gasteiger partial charge in [0.1, 0.15) is 0 Å². The summed E-state index contributed by atoms with van der Waals surface area (Å²) in [5.41, 5.74) is 1.91. The summed E-state index contributed by atoms with van der Waals surface area (Å²) in [5, 5.41) is 6.25. The molecule has 0 aliphatic carbocycles. The summed E-state index contributed by atoms with van der Waals surface area (Å²) in [6.07, 6.45) is 1.41. The summed E-state index contributed by atoms with van der Waals surface area (Å²) < 4.78 is 0. The number of nitrogens with one attached hydrogen (secondary N) is 2. The van der Waals surface area contributed by atoms with Crippen LogP contribution in [-0.4, -0.2) is 73.5 Å². The van der Waals surface area contributed by atoms with Gasteiger partial charge in [-0.15, -0.1) is 0 Å². The summed E-state index contributed by atoms with van der Waals surface area (Å²) in [6, 6.07) is 8.20. The molecule has 2 amide bonds. The van der Waals surface area contributed by atoms with Crippen LogP contribution in [0, 0.1) is 0 Å². The van der Waals surface area contributed by atoms with Crippen LogP contribution in [0.2, 0.25) is 0 Å². The Hall–Kier alpha value is -1.92. The monoisotopic (exact) mass is 386 g/mol. The lowest BCUT2D eigenvalue weighted by Gasteiger charge is -2.32. The van der Waals surface area contributed by atoms with E-state index in [-0.39, 0.29) is 17.2 Å². The zero-order valence-corrected chi connectivity index (χ0v) is 17.5. The molecule has 28 heavy (non-hydrogen) atoms. The maximum absolute atomic E-state index is 12.5. The van der Waals surface area contributed by atoms with Gasteiger partial charge >= 0.3 is 0 Å². The summed E-state index contributed by atoms with van der Waals surface area (Å²) in [7, 11) is 0. The maximum atomic E-state index is 12.5. The Kier molecular flexibility index (Phi) is 6.73. The van der Waals surface area contributed by atoms with Gasteiger partial charge in [0.05, 0.1) is 0 Å². The number of piperazine rings is 1. The van der Waals surface area contributed by atoms with Crippen LogP contribution in [0.25, 0.3) is 0 Å². The first kappa shape index (κ1) is 20.8. The summed E-state index contributed by atoms with van der Waals surface area (Å²) in [6.45, 7) is 12.7. The average molecular weight is 387 g/mol. The standard InChI is InChI=1S/C22H34N4O2/c1-22(2,3)18-6-4-17(5-7-18)21(28)24-10-8-20(27)26-13-9-19(16-26)25-14-11-23-12-15-25/h4-7,19,23H,8-16H2,1-3H3,(H,24,28). The summed E-state index contributed by atoms with van der Waals surface area (Å²) >= 11 is 0. The topological polar surface area (TPSA) is 64.7 Å². The molecule has 6 nitrogen and oxygen atoms in total. The van der Waals surface area contributed by atoms with Crippen LogP contribution in [0.5, 0.6) is 0 Å². The molecule has 154 valence electrons. The molecule has 0 aromatic heterocycles. The second kappa shape index (κ2) is 9.05. The molecule has 0 spiro atoms. The molecule has 2 fully saturated rings. The number of likely N-dealkylation sites (tertiary alicyclic amines) is 1. The van der Waals surface area contributed by atoms with Crippen molar-refractivity contribution in [1.82, 2.24) is 20.4 Å². The van der Waals surface area contributed by atoms with Gasteiger partial charge in [-0.2, -0.15) is 0 Å². The zero-order chi connectivity index (χ0) is 20.1. The molecule has 3 rings (SSSR count). The minimum absolute atomic E-state index is 0.0692. The fourth-order valence-corrected chi connectivity index (χ4v) is 3.98. The molecular weight excluding hydrogens is 352 g/mol. The van der Waals surface area contributed by atoms with Gasteiger partial charge in [0.2, 0.25) is 5.91 Å². The fourth-order valence-electron chi connectivity index (χ4n) is 3.98. The van der Waals surface area contributed by atoms with Crippen molar-refractivity contribution in [3.8, 4) is 0 Å². The number of benzene rings is 1. The minimum Gasteiger partial charge on any atom is -0.352 e. The van der Waals surface area contributed by atoms with Crippen molar-refractivity contribution in [2.75, 3.05) is 45.8 Å². The fraction of sp³-hybridized carbons (Fsp3) is 0.636. The first-order valence-electron chi connectivity index (χ1n) is 10.5. The predicted molar refractivity (Wildman–Crippen MR) is 112 cm³/mol. The summed E-state index contributed by atoms with van der Waals surface area (Å²) in [5.74, 6) is 0.0226. The van der Waals surface area contributed by atoms with Crippen molar-refractivity contribution < 1.29 is 9.59 Å². The first-order valence-corrected chi connectivity index (χ1v) is 10.5. The number of amides is 2. The Morgan fingerprint density at radius 1 is 1.11 bits per heavy atom. The highest BCUT2D eigenvalue weighted by Crippen LogP contribution is 2.22. The van der Waals surface area contributed by atoms with Gasteiger partial charge < -0.3 is 15.5 Å². The van der Waals surface area contributed by atoms with Gasteiger partial charge in [-0.05, 0) is 29.5 Å². The second-order valence-corrected chi connectivity index (χ2v) is 8.90. The Labute approximate surface area is 168 Å². The number of carbonyl (C=O) groups is 2. The lowest BCUT2D eigenvalue weighted by molar-refractivity contribution is -0.130. The van der Waals surface area contributed by atoms with Crippen LogP contribution in [0.1, 0.15) is 49.5 Å². The zero-order valence-electron chi connectivity index (χ0n) is 17.5. The van der Waals surface area contributed by atoms with Crippen molar-refractivity contribution in [2.24, 2.45) is 0 Å². The number of hydrogen-bond acceptors (Lipinski definition) is 4. The molecule has 1 unspecified atom stereocenters. The SMILES string of the molecule is CC(C)(C)c1ccc(C(=O)NCCC(=O)N2CCC(N3CCNCC3)C2)cc1. The lowest BCUT2D eigenvalue weighted by Crippen LogP contribution is -2.49. The van der Waals surface area contributed by atoms with Crippen LogP contribution < -0.4 is 10.6 Å². The minimum atomic E-state index is -0.117. The van der Waals surface area contributed by atoms with Gasteiger partial charge in [-0.3, -0.25) is 14.5 Å². The van der Waals surface area contributed by atoms with Crippen LogP contribution in [0.4, 0.5) is 0 Å². The van der Waals surface area contributed by atoms with E-state index in [0.29, 0.717) is 24.6 Å². The van der Waals surface area contributed by atoms with Crippen LogP contribution in [0.3, 0.4) is 0 Å². The number of rotatable bonds is 5. The molecule has 2 aliphatic rings. The highest BCUT2D eigenvalue weighted by molar-refractivity contribution is 5.94. The third-order valence-corrected chi connectivity index (χ3v) is 5.82. The van der Waals surface area contributed by atoms with Gasteiger partial charge in [-0.1, -0.05) is 32.9 Å². The Balaban J connectivity index is 1.41.